The summed E-state index contributed by atoms with van der Waals surface area (Å²) < 4.78 is 5.94. The van der Waals surface area contributed by atoms with Gasteiger partial charge in [0.2, 0.25) is 5.91 Å². The molecule has 27 heavy (non-hydrogen) atoms. The third kappa shape index (κ3) is 3.50. The van der Waals surface area contributed by atoms with Crippen molar-refractivity contribution in [3.63, 3.8) is 0 Å². The van der Waals surface area contributed by atoms with E-state index in [-0.39, 0.29) is 11.3 Å². The molecule has 0 aliphatic carbocycles. The zero-order valence-electron chi connectivity index (χ0n) is 15.8. The Morgan fingerprint density at radius 1 is 1.19 bits per heavy atom. The first kappa shape index (κ1) is 17.8. The Hall–Kier alpha value is -2.59. The number of fused-ring (bicyclic) bond motifs is 2. The lowest BCUT2D eigenvalue weighted by Gasteiger charge is -2.38. The van der Waals surface area contributed by atoms with Gasteiger partial charge in [0.05, 0.1) is 6.61 Å². The first-order valence-corrected chi connectivity index (χ1v) is 9.60. The summed E-state index contributed by atoms with van der Waals surface area (Å²) in [7, 11) is 0. The fourth-order valence-electron chi connectivity index (χ4n) is 4.06. The van der Waals surface area contributed by atoms with Crippen LogP contribution in [0, 0.1) is 6.92 Å². The predicted molar refractivity (Wildman–Crippen MR) is 108 cm³/mol. The zero-order chi connectivity index (χ0) is 18.9. The van der Waals surface area contributed by atoms with Gasteiger partial charge in [-0.25, -0.2) is 0 Å². The van der Waals surface area contributed by atoms with Gasteiger partial charge in [0.1, 0.15) is 5.75 Å². The Kier molecular flexibility index (Phi) is 4.75. The minimum atomic E-state index is 0.0258. The van der Waals surface area contributed by atoms with Crippen LogP contribution in [0.1, 0.15) is 35.1 Å². The van der Waals surface area contributed by atoms with Crippen molar-refractivity contribution >= 4 is 12.0 Å². The molecular weight excluding hydrogens is 336 g/mol. The molecule has 0 radical (unpaired) electrons. The molecule has 0 bridgehead atoms. The van der Waals surface area contributed by atoms with Crippen LogP contribution in [0.3, 0.4) is 0 Å². The molecule has 2 aromatic rings. The van der Waals surface area contributed by atoms with Crippen LogP contribution in [-0.4, -0.2) is 30.5 Å². The second-order valence-corrected chi connectivity index (χ2v) is 7.67. The van der Waals surface area contributed by atoms with Crippen molar-refractivity contribution in [2.75, 3.05) is 19.7 Å². The minimum Gasteiger partial charge on any atom is -0.492 e. The lowest BCUT2D eigenvalue weighted by molar-refractivity contribution is -0.127. The Balaban J connectivity index is 1.42. The smallest absolute Gasteiger partial charge is 0.246 e. The third-order valence-electron chi connectivity index (χ3n) is 5.88. The van der Waals surface area contributed by atoms with Crippen molar-refractivity contribution < 1.29 is 9.53 Å². The summed E-state index contributed by atoms with van der Waals surface area (Å²) >= 11 is 0. The number of nitrogens with two attached hydrogens (primary N) is 1. The number of benzene rings is 2. The van der Waals surface area contributed by atoms with Crippen LogP contribution < -0.4 is 10.5 Å². The van der Waals surface area contributed by atoms with Crippen LogP contribution in [0.15, 0.2) is 48.5 Å². The van der Waals surface area contributed by atoms with Gasteiger partial charge in [-0.15, -0.1) is 0 Å². The molecule has 4 heteroatoms. The number of nitrogens with zero attached hydrogens (tertiary/aromatic N) is 1. The van der Waals surface area contributed by atoms with Gasteiger partial charge in [0.25, 0.3) is 0 Å². The van der Waals surface area contributed by atoms with Crippen LogP contribution in [0.2, 0.25) is 0 Å². The first-order chi connectivity index (χ1) is 13.1. The molecule has 0 atom stereocenters. The largest absolute Gasteiger partial charge is 0.492 e. The molecule has 2 N–H and O–H groups in total. The van der Waals surface area contributed by atoms with E-state index < -0.39 is 0 Å². The summed E-state index contributed by atoms with van der Waals surface area (Å²) in [5.41, 5.74) is 10.5. The van der Waals surface area contributed by atoms with E-state index in [0.29, 0.717) is 13.2 Å². The highest BCUT2D eigenvalue weighted by atomic mass is 16.5. The van der Waals surface area contributed by atoms with Crippen molar-refractivity contribution in [3.8, 4) is 5.75 Å². The third-order valence-corrected chi connectivity index (χ3v) is 5.88. The van der Waals surface area contributed by atoms with E-state index in [9.17, 15) is 4.79 Å². The minimum absolute atomic E-state index is 0.0258. The Morgan fingerprint density at radius 2 is 1.93 bits per heavy atom. The van der Waals surface area contributed by atoms with E-state index in [0.717, 1.165) is 42.8 Å². The Morgan fingerprint density at radius 3 is 2.63 bits per heavy atom. The number of hydrogen-bond donors (Lipinski definition) is 1. The maximum Gasteiger partial charge on any atom is 0.246 e. The van der Waals surface area contributed by atoms with E-state index >= 15 is 0 Å². The number of piperidine rings is 1. The molecule has 0 aromatic heterocycles. The van der Waals surface area contributed by atoms with Crippen LogP contribution in [0.25, 0.3) is 6.08 Å². The molecule has 1 saturated heterocycles. The fourth-order valence-corrected chi connectivity index (χ4v) is 4.06. The molecule has 2 heterocycles. The molecule has 1 fully saturated rings. The van der Waals surface area contributed by atoms with Gasteiger partial charge in [0.15, 0.2) is 0 Å². The zero-order valence-corrected chi connectivity index (χ0v) is 15.8. The predicted octanol–water partition coefficient (Wildman–Crippen LogP) is 3.42. The number of hydrogen-bond acceptors (Lipinski definition) is 3. The lowest BCUT2D eigenvalue weighted by Crippen LogP contribution is -2.45. The number of likely N-dealkylation sites (tertiary alicyclic amines) is 1. The van der Waals surface area contributed by atoms with Crippen LogP contribution >= 0.6 is 0 Å². The summed E-state index contributed by atoms with van der Waals surface area (Å²) in [6.07, 6.45) is 5.44. The van der Waals surface area contributed by atoms with Crippen molar-refractivity contribution in [2.24, 2.45) is 5.73 Å². The van der Waals surface area contributed by atoms with Crippen LogP contribution in [0.4, 0.5) is 0 Å². The number of carbonyl (C=O) groups excluding carboxylic acids is 1. The van der Waals surface area contributed by atoms with E-state index in [4.69, 9.17) is 10.5 Å². The standard InChI is InChI=1S/C23H26N2O2/c1-17-2-4-18(5-3-17)7-9-22(26)25-12-10-23(11-13-25)16-27-21-8-6-19(15-24)14-20(21)23/h2-9,14H,10-13,15-16,24H2,1H3/b9-7+. The SMILES string of the molecule is Cc1ccc(/C=C/C(=O)N2CCC3(CC2)COc2ccc(CN)cc23)cc1. The van der Waals surface area contributed by atoms with Gasteiger partial charge in [0, 0.05) is 36.7 Å². The monoisotopic (exact) mass is 362 g/mol. The highest BCUT2D eigenvalue weighted by Crippen LogP contribution is 2.45. The van der Waals surface area contributed by atoms with Crippen molar-refractivity contribution in [1.29, 1.82) is 0 Å². The maximum atomic E-state index is 12.6. The summed E-state index contributed by atoms with van der Waals surface area (Å²) in [6.45, 7) is 4.82. The van der Waals surface area contributed by atoms with Crippen molar-refractivity contribution in [1.82, 2.24) is 4.90 Å². The van der Waals surface area contributed by atoms with E-state index in [1.165, 1.54) is 11.1 Å². The number of amides is 1. The molecule has 0 saturated carbocycles. The van der Waals surface area contributed by atoms with Gasteiger partial charge in [-0.3, -0.25) is 4.79 Å². The van der Waals surface area contributed by atoms with Gasteiger partial charge in [-0.1, -0.05) is 42.0 Å². The second-order valence-electron chi connectivity index (χ2n) is 7.67. The quantitative estimate of drug-likeness (QED) is 0.851. The molecule has 4 rings (SSSR count). The van der Waals surface area contributed by atoms with Gasteiger partial charge in [-0.2, -0.15) is 0 Å². The van der Waals surface area contributed by atoms with Crippen molar-refractivity contribution in [3.05, 3.63) is 70.8 Å². The molecule has 2 aliphatic rings. The molecule has 140 valence electrons. The first-order valence-electron chi connectivity index (χ1n) is 9.60. The van der Waals surface area contributed by atoms with E-state index in [1.807, 2.05) is 35.2 Å². The van der Waals surface area contributed by atoms with Gasteiger partial charge < -0.3 is 15.4 Å². The number of ether oxygens (including phenoxy) is 1. The van der Waals surface area contributed by atoms with Gasteiger partial charge >= 0.3 is 0 Å². The molecule has 2 aliphatic heterocycles. The normalized spacial score (nSPS) is 17.9. The van der Waals surface area contributed by atoms with Crippen LogP contribution in [-0.2, 0) is 16.8 Å². The summed E-state index contributed by atoms with van der Waals surface area (Å²) in [6, 6.07) is 14.4. The molecule has 0 unspecified atom stereocenters. The average molecular weight is 362 g/mol. The Labute approximate surface area is 160 Å². The Bertz CT molecular complexity index is 862. The summed E-state index contributed by atoms with van der Waals surface area (Å²) in [5, 5.41) is 0. The van der Waals surface area contributed by atoms with Gasteiger partial charge in [-0.05, 0) is 43.0 Å². The van der Waals surface area contributed by atoms with E-state index in [2.05, 4.69) is 25.1 Å². The molecule has 4 nitrogen and oxygen atoms in total. The molecule has 1 amide bonds. The number of carbonyl (C=O) groups is 1. The van der Waals surface area contributed by atoms with Crippen LogP contribution in [0.5, 0.6) is 5.75 Å². The highest BCUT2D eigenvalue weighted by molar-refractivity contribution is 5.91. The molecule has 1 spiro atoms. The number of rotatable bonds is 3. The average Bonchev–Trinajstić information content (AvgIpc) is 3.05. The lowest BCUT2D eigenvalue weighted by atomic mass is 9.74. The fraction of sp³-hybridized carbons (Fsp3) is 0.348. The van der Waals surface area contributed by atoms with E-state index in [1.54, 1.807) is 6.08 Å². The molecule has 2 aromatic carbocycles. The summed E-state index contributed by atoms with van der Waals surface area (Å²) in [5.74, 6) is 1.06. The summed E-state index contributed by atoms with van der Waals surface area (Å²) in [4.78, 5) is 14.5. The molecular formula is C23H26N2O2. The highest BCUT2D eigenvalue weighted by Gasteiger charge is 2.43. The maximum absolute atomic E-state index is 12.6. The topological polar surface area (TPSA) is 55.6 Å². The second kappa shape index (κ2) is 7.20. The van der Waals surface area contributed by atoms with Crippen molar-refractivity contribution in [2.45, 2.75) is 31.7 Å². The number of aryl methyl sites for hydroxylation is 1.